The van der Waals surface area contributed by atoms with Crippen LogP contribution < -0.4 is 14.8 Å². The largest absolute Gasteiger partial charge is 0.454 e. The maximum absolute atomic E-state index is 12.3. The third-order valence-electron chi connectivity index (χ3n) is 3.54. The molecule has 0 atom stereocenters. The summed E-state index contributed by atoms with van der Waals surface area (Å²) in [5, 5.41) is 10.3. The molecule has 0 spiro atoms. The maximum atomic E-state index is 12.3. The van der Waals surface area contributed by atoms with Crippen LogP contribution in [0.15, 0.2) is 49.1 Å². The van der Waals surface area contributed by atoms with E-state index in [0.717, 1.165) is 5.56 Å². The fourth-order valence-corrected chi connectivity index (χ4v) is 2.34. The predicted molar refractivity (Wildman–Crippen MR) is 82.9 cm³/mol. The molecule has 0 bridgehead atoms. The lowest BCUT2D eigenvalue weighted by Crippen LogP contribution is -2.24. The van der Waals surface area contributed by atoms with Gasteiger partial charge < -0.3 is 14.8 Å². The Morgan fingerprint density at radius 1 is 1.12 bits per heavy atom. The number of benzene rings is 1. The second kappa shape index (κ2) is 5.99. The molecule has 24 heavy (non-hydrogen) atoms. The van der Waals surface area contributed by atoms with E-state index in [2.05, 4.69) is 20.5 Å². The van der Waals surface area contributed by atoms with Crippen molar-refractivity contribution in [1.29, 1.82) is 0 Å². The number of pyridine rings is 1. The van der Waals surface area contributed by atoms with Crippen LogP contribution in [0.1, 0.15) is 16.1 Å². The Balaban J connectivity index is 1.46. The minimum atomic E-state index is -0.261. The molecule has 3 heterocycles. The highest BCUT2D eigenvalue weighted by Gasteiger charge is 2.14. The van der Waals surface area contributed by atoms with Gasteiger partial charge in [-0.3, -0.25) is 9.36 Å². The Labute approximate surface area is 137 Å². The summed E-state index contributed by atoms with van der Waals surface area (Å²) in [6.45, 7) is 0.596. The molecule has 1 aromatic carbocycles. The van der Waals surface area contributed by atoms with Crippen LogP contribution in [0.4, 0.5) is 0 Å². The molecule has 8 nitrogen and oxygen atoms in total. The van der Waals surface area contributed by atoms with E-state index in [1.165, 1.54) is 12.7 Å². The van der Waals surface area contributed by atoms with Gasteiger partial charge in [0.1, 0.15) is 24.2 Å². The predicted octanol–water partition coefficient (Wildman–Crippen LogP) is 1.32. The molecule has 0 fully saturated rings. The molecule has 1 aliphatic heterocycles. The number of carbonyl (C=O) groups excluding carboxylic acids is 1. The van der Waals surface area contributed by atoms with Crippen molar-refractivity contribution in [3.05, 3.63) is 60.3 Å². The molecule has 1 aliphatic rings. The summed E-state index contributed by atoms with van der Waals surface area (Å²) in [5.41, 5.74) is 1.24. The van der Waals surface area contributed by atoms with Crippen LogP contribution in [0, 0.1) is 0 Å². The van der Waals surface area contributed by atoms with Crippen LogP contribution in [0.2, 0.25) is 0 Å². The summed E-state index contributed by atoms with van der Waals surface area (Å²) in [4.78, 5) is 16.6. The second-order valence-corrected chi connectivity index (χ2v) is 5.12. The van der Waals surface area contributed by atoms with Crippen LogP contribution in [-0.2, 0) is 6.54 Å². The molecule has 1 N–H and O–H groups in total. The maximum Gasteiger partial charge on any atom is 0.270 e. The van der Waals surface area contributed by atoms with Gasteiger partial charge in [-0.15, -0.1) is 10.2 Å². The SMILES string of the molecule is O=C(NCc1ccc2c(c1)OCO2)c1cccc(-n2cnnc2)n1. The Morgan fingerprint density at radius 3 is 2.83 bits per heavy atom. The van der Waals surface area contributed by atoms with Gasteiger partial charge in [0.05, 0.1) is 0 Å². The molecule has 2 aromatic heterocycles. The minimum Gasteiger partial charge on any atom is -0.454 e. The minimum absolute atomic E-state index is 0.227. The van der Waals surface area contributed by atoms with Gasteiger partial charge in [0.25, 0.3) is 5.91 Å². The van der Waals surface area contributed by atoms with Crippen LogP contribution in [0.5, 0.6) is 11.5 Å². The van der Waals surface area contributed by atoms with Crippen molar-refractivity contribution in [2.45, 2.75) is 6.54 Å². The van der Waals surface area contributed by atoms with E-state index in [9.17, 15) is 4.79 Å². The average molecular weight is 323 g/mol. The lowest BCUT2D eigenvalue weighted by Gasteiger charge is -2.07. The smallest absolute Gasteiger partial charge is 0.270 e. The lowest BCUT2D eigenvalue weighted by molar-refractivity contribution is 0.0946. The van der Waals surface area contributed by atoms with Gasteiger partial charge >= 0.3 is 0 Å². The van der Waals surface area contributed by atoms with E-state index < -0.39 is 0 Å². The number of fused-ring (bicyclic) bond motifs is 1. The number of hydrogen-bond donors (Lipinski definition) is 1. The first kappa shape index (κ1) is 14.2. The fourth-order valence-electron chi connectivity index (χ4n) is 2.34. The van der Waals surface area contributed by atoms with Crippen molar-refractivity contribution >= 4 is 5.91 Å². The highest BCUT2D eigenvalue weighted by molar-refractivity contribution is 5.92. The molecule has 0 saturated carbocycles. The summed E-state index contributed by atoms with van der Waals surface area (Å²) in [6.07, 6.45) is 3.05. The van der Waals surface area contributed by atoms with Gasteiger partial charge in [0, 0.05) is 6.54 Å². The van der Waals surface area contributed by atoms with Gasteiger partial charge in [0.15, 0.2) is 11.5 Å². The number of carbonyl (C=O) groups is 1. The molecule has 120 valence electrons. The molecule has 0 radical (unpaired) electrons. The Bertz CT molecular complexity index is 879. The molecule has 8 heteroatoms. The zero-order valence-corrected chi connectivity index (χ0v) is 12.5. The normalized spacial score (nSPS) is 12.2. The second-order valence-electron chi connectivity index (χ2n) is 5.12. The van der Waals surface area contributed by atoms with Crippen LogP contribution in [0.25, 0.3) is 5.82 Å². The summed E-state index contributed by atoms with van der Waals surface area (Å²) >= 11 is 0. The molecule has 1 amide bonds. The number of nitrogens with zero attached hydrogens (tertiary/aromatic N) is 4. The van der Waals surface area contributed by atoms with Crippen LogP contribution in [0.3, 0.4) is 0 Å². The molecule has 0 aliphatic carbocycles. The topological polar surface area (TPSA) is 91.2 Å². The van der Waals surface area contributed by atoms with Gasteiger partial charge in [0.2, 0.25) is 6.79 Å². The Kier molecular flexibility index (Phi) is 3.54. The average Bonchev–Trinajstić information content (AvgIpc) is 3.30. The quantitative estimate of drug-likeness (QED) is 0.778. The summed E-state index contributed by atoms with van der Waals surface area (Å²) in [5.74, 6) is 1.72. The Hall–Kier alpha value is -3.42. The van der Waals surface area contributed by atoms with E-state index in [0.29, 0.717) is 29.6 Å². The molecule has 0 unspecified atom stereocenters. The summed E-state index contributed by atoms with van der Waals surface area (Å²) < 4.78 is 12.2. The first-order chi connectivity index (χ1) is 11.8. The van der Waals surface area contributed by atoms with Gasteiger partial charge in [-0.1, -0.05) is 12.1 Å². The molecular formula is C16H13N5O3. The van der Waals surface area contributed by atoms with Gasteiger partial charge in [-0.25, -0.2) is 4.98 Å². The van der Waals surface area contributed by atoms with Crippen molar-refractivity contribution < 1.29 is 14.3 Å². The number of hydrogen-bond acceptors (Lipinski definition) is 6. The molecule has 3 aromatic rings. The van der Waals surface area contributed by atoms with E-state index in [4.69, 9.17) is 9.47 Å². The number of ether oxygens (including phenoxy) is 2. The monoisotopic (exact) mass is 323 g/mol. The fraction of sp³-hybridized carbons (Fsp3) is 0.125. The third-order valence-corrected chi connectivity index (χ3v) is 3.54. The van der Waals surface area contributed by atoms with Crippen molar-refractivity contribution in [2.24, 2.45) is 0 Å². The van der Waals surface area contributed by atoms with Crippen molar-refractivity contribution in [2.75, 3.05) is 6.79 Å². The van der Waals surface area contributed by atoms with Crippen molar-refractivity contribution in [1.82, 2.24) is 25.1 Å². The highest BCUT2D eigenvalue weighted by Crippen LogP contribution is 2.32. The lowest BCUT2D eigenvalue weighted by atomic mass is 10.2. The summed E-state index contributed by atoms with van der Waals surface area (Å²) in [7, 11) is 0. The zero-order chi connectivity index (χ0) is 16.4. The number of nitrogens with one attached hydrogen (secondary N) is 1. The highest BCUT2D eigenvalue weighted by atomic mass is 16.7. The zero-order valence-electron chi connectivity index (χ0n) is 12.5. The first-order valence-corrected chi connectivity index (χ1v) is 7.28. The molecule has 4 rings (SSSR count). The standard InChI is InChI=1S/C16H13N5O3/c22-16(12-2-1-3-15(20-12)21-8-18-19-9-21)17-7-11-4-5-13-14(6-11)24-10-23-13/h1-6,8-9H,7,10H2,(H,17,22). The Morgan fingerprint density at radius 2 is 1.96 bits per heavy atom. The molecular weight excluding hydrogens is 310 g/mol. The first-order valence-electron chi connectivity index (χ1n) is 7.28. The number of amides is 1. The van der Waals surface area contributed by atoms with E-state index >= 15 is 0 Å². The van der Waals surface area contributed by atoms with Crippen molar-refractivity contribution in [3.8, 4) is 17.3 Å². The number of rotatable bonds is 4. The molecule has 0 saturated heterocycles. The van der Waals surface area contributed by atoms with E-state index in [-0.39, 0.29) is 12.7 Å². The number of aromatic nitrogens is 4. The van der Waals surface area contributed by atoms with Crippen LogP contribution in [-0.4, -0.2) is 32.4 Å². The summed E-state index contributed by atoms with van der Waals surface area (Å²) in [6, 6.07) is 10.8. The van der Waals surface area contributed by atoms with E-state index in [1.54, 1.807) is 22.8 Å². The van der Waals surface area contributed by atoms with Gasteiger partial charge in [-0.05, 0) is 29.8 Å². The van der Waals surface area contributed by atoms with Crippen molar-refractivity contribution in [3.63, 3.8) is 0 Å². The van der Waals surface area contributed by atoms with Crippen LogP contribution >= 0.6 is 0 Å². The van der Waals surface area contributed by atoms with Gasteiger partial charge in [-0.2, -0.15) is 0 Å². The van der Waals surface area contributed by atoms with E-state index in [1.807, 2.05) is 18.2 Å². The third kappa shape index (κ3) is 2.76.